The number of nitrogens with zero attached hydrogens (tertiary/aromatic N) is 5. The number of nitrogen functional groups attached to an aromatic ring is 1. The van der Waals surface area contributed by atoms with Gasteiger partial charge >= 0.3 is 0 Å². The van der Waals surface area contributed by atoms with E-state index in [1.807, 2.05) is 59.3 Å². The summed E-state index contributed by atoms with van der Waals surface area (Å²) in [5.74, 6) is 2.36. The third-order valence-corrected chi connectivity index (χ3v) is 7.15. The highest BCUT2D eigenvalue weighted by Gasteiger charge is 2.20. The molecule has 0 saturated carbocycles. The van der Waals surface area contributed by atoms with Gasteiger partial charge in [-0.15, -0.1) is 0 Å². The zero-order chi connectivity index (χ0) is 25.9. The van der Waals surface area contributed by atoms with E-state index in [9.17, 15) is 5.11 Å². The van der Waals surface area contributed by atoms with Gasteiger partial charge in [-0.25, -0.2) is 14.6 Å². The predicted molar refractivity (Wildman–Crippen MR) is 148 cm³/mol. The van der Waals surface area contributed by atoms with Gasteiger partial charge in [0.25, 0.3) is 0 Å². The van der Waals surface area contributed by atoms with Crippen molar-refractivity contribution in [3.05, 3.63) is 90.8 Å². The van der Waals surface area contributed by atoms with E-state index in [4.69, 9.17) is 15.6 Å². The number of hydrogen-bond donors (Lipinski definition) is 2. The zero-order valence-corrected chi connectivity index (χ0v) is 21.1. The summed E-state index contributed by atoms with van der Waals surface area (Å²) in [6.45, 7) is 3.23. The van der Waals surface area contributed by atoms with Gasteiger partial charge in [-0.3, -0.25) is 4.90 Å². The summed E-state index contributed by atoms with van der Waals surface area (Å²) < 4.78 is 7.77. The number of anilines is 1. The van der Waals surface area contributed by atoms with Crippen LogP contribution in [-0.2, 0) is 6.54 Å². The number of aliphatic hydroxyl groups excluding tert-OH is 1. The number of likely N-dealkylation sites (tertiary alicyclic amines) is 1. The number of benzene rings is 3. The van der Waals surface area contributed by atoms with Gasteiger partial charge in [-0.2, -0.15) is 5.10 Å². The minimum absolute atomic E-state index is 0.294. The SMILES string of the molecule is Nc1ncnc2c1c(-c1ccc(Oc3ccccc3)cc1)nn2-c1ccc(CN2CCC(CO)CC2)cc1. The fourth-order valence-corrected chi connectivity index (χ4v) is 4.99. The maximum Gasteiger partial charge on any atom is 0.169 e. The van der Waals surface area contributed by atoms with Gasteiger partial charge in [-0.05, 0) is 85.9 Å². The lowest BCUT2D eigenvalue weighted by Crippen LogP contribution is -2.34. The van der Waals surface area contributed by atoms with Gasteiger partial charge in [-0.1, -0.05) is 30.3 Å². The standard InChI is InChI=1S/C30H30N6O2/c31-29-27-28(23-8-12-26(13-9-23)38-25-4-2-1-3-5-25)34-36(30(27)33-20-32-29)24-10-6-21(7-11-24)18-35-16-14-22(19-37)15-17-35/h1-13,20,22,37H,14-19H2,(H2,31,32,33). The van der Waals surface area contributed by atoms with E-state index < -0.39 is 0 Å². The smallest absolute Gasteiger partial charge is 0.169 e. The molecule has 1 fully saturated rings. The number of aromatic nitrogens is 4. The molecule has 3 N–H and O–H groups in total. The fourth-order valence-electron chi connectivity index (χ4n) is 4.99. The van der Waals surface area contributed by atoms with E-state index in [-0.39, 0.29) is 0 Å². The lowest BCUT2D eigenvalue weighted by Gasteiger charge is -2.31. The average Bonchev–Trinajstić information content (AvgIpc) is 3.36. The first-order chi connectivity index (χ1) is 18.7. The number of hydrogen-bond acceptors (Lipinski definition) is 7. The highest BCUT2D eigenvalue weighted by molar-refractivity contribution is 5.98. The number of nitrogens with two attached hydrogens (primary N) is 1. The van der Waals surface area contributed by atoms with E-state index in [0.717, 1.165) is 66.3 Å². The first-order valence-electron chi connectivity index (χ1n) is 12.9. The topological polar surface area (TPSA) is 102 Å². The highest BCUT2D eigenvalue weighted by atomic mass is 16.5. The van der Waals surface area contributed by atoms with Gasteiger partial charge in [0, 0.05) is 18.7 Å². The summed E-state index contributed by atoms with van der Waals surface area (Å²) in [6, 6.07) is 25.9. The third kappa shape index (κ3) is 4.96. The van der Waals surface area contributed by atoms with Crippen LogP contribution in [0.4, 0.5) is 5.82 Å². The van der Waals surface area contributed by atoms with Gasteiger partial charge < -0.3 is 15.6 Å². The second-order valence-electron chi connectivity index (χ2n) is 9.73. The molecule has 6 rings (SSSR count). The Hall–Kier alpha value is -4.27. The Morgan fingerprint density at radius 1 is 0.868 bits per heavy atom. The maximum absolute atomic E-state index is 9.39. The summed E-state index contributed by atoms with van der Waals surface area (Å²) in [5, 5.41) is 15.0. The number of ether oxygens (including phenoxy) is 1. The number of para-hydroxylation sites is 1. The van der Waals surface area contributed by atoms with E-state index in [2.05, 4.69) is 39.1 Å². The number of rotatable bonds is 7. The van der Waals surface area contributed by atoms with Crippen molar-refractivity contribution in [3.8, 4) is 28.4 Å². The van der Waals surface area contributed by atoms with E-state index in [1.165, 1.54) is 11.9 Å². The normalized spacial score (nSPS) is 14.7. The molecule has 0 radical (unpaired) electrons. The Morgan fingerprint density at radius 3 is 2.29 bits per heavy atom. The predicted octanol–water partition coefficient (Wildman–Crippen LogP) is 5.06. The van der Waals surface area contributed by atoms with Crippen molar-refractivity contribution in [3.63, 3.8) is 0 Å². The van der Waals surface area contributed by atoms with Crippen LogP contribution in [0.3, 0.4) is 0 Å². The molecule has 5 aromatic rings. The molecule has 3 aromatic carbocycles. The fraction of sp³-hybridized carbons (Fsp3) is 0.233. The minimum atomic E-state index is 0.294. The van der Waals surface area contributed by atoms with Gasteiger partial charge in [0.2, 0.25) is 0 Å². The summed E-state index contributed by atoms with van der Waals surface area (Å²) in [4.78, 5) is 11.2. The molecule has 8 heteroatoms. The number of piperidine rings is 1. The van der Waals surface area contributed by atoms with Crippen LogP contribution in [0.15, 0.2) is 85.2 Å². The Kier molecular flexibility index (Phi) is 6.73. The van der Waals surface area contributed by atoms with E-state index in [0.29, 0.717) is 24.0 Å². The van der Waals surface area contributed by atoms with E-state index >= 15 is 0 Å². The first-order valence-corrected chi connectivity index (χ1v) is 12.9. The lowest BCUT2D eigenvalue weighted by molar-refractivity contribution is 0.127. The summed E-state index contributed by atoms with van der Waals surface area (Å²) >= 11 is 0. The largest absolute Gasteiger partial charge is 0.457 e. The van der Waals surface area contributed by atoms with Crippen molar-refractivity contribution in [2.45, 2.75) is 19.4 Å². The molecule has 0 aliphatic carbocycles. The molecule has 0 unspecified atom stereocenters. The molecule has 2 aromatic heterocycles. The monoisotopic (exact) mass is 506 g/mol. The highest BCUT2D eigenvalue weighted by Crippen LogP contribution is 2.33. The summed E-state index contributed by atoms with van der Waals surface area (Å²) in [6.07, 6.45) is 3.58. The molecule has 0 amide bonds. The molecular weight excluding hydrogens is 476 g/mol. The average molecular weight is 507 g/mol. The zero-order valence-electron chi connectivity index (χ0n) is 21.1. The van der Waals surface area contributed by atoms with Crippen molar-refractivity contribution >= 4 is 16.9 Å². The number of fused-ring (bicyclic) bond motifs is 1. The van der Waals surface area contributed by atoms with Crippen LogP contribution in [0, 0.1) is 5.92 Å². The molecule has 0 atom stereocenters. The van der Waals surface area contributed by atoms with Crippen LogP contribution in [0.2, 0.25) is 0 Å². The summed E-state index contributed by atoms with van der Waals surface area (Å²) in [5.41, 5.74) is 10.8. The van der Waals surface area contributed by atoms with Gasteiger partial charge in [0.1, 0.15) is 29.3 Å². The molecule has 1 aliphatic rings. The van der Waals surface area contributed by atoms with Crippen molar-refractivity contribution in [2.75, 3.05) is 25.4 Å². The van der Waals surface area contributed by atoms with Crippen molar-refractivity contribution < 1.29 is 9.84 Å². The maximum atomic E-state index is 9.39. The van der Waals surface area contributed by atoms with Crippen molar-refractivity contribution in [1.29, 1.82) is 0 Å². The van der Waals surface area contributed by atoms with Crippen LogP contribution in [0.5, 0.6) is 11.5 Å². The Labute approximate surface area is 221 Å². The van der Waals surface area contributed by atoms with Crippen LogP contribution < -0.4 is 10.5 Å². The minimum Gasteiger partial charge on any atom is -0.457 e. The molecule has 0 bridgehead atoms. The quantitative estimate of drug-likeness (QED) is 0.318. The van der Waals surface area contributed by atoms with Crippen molar-refractivity contribution in [2.24, 2.45) is 5.92 Å². The van der Waals surface area contributed by atoms with Gasteiger partial charge in [0.05, 0.1) is 11.1 Å². The van der Waals surface area contributed by atoms with Crippen LogP contribution >= 0.6 is 0 Å². The molecule has 1 saturated heterocycles. The molecule has 1 aliphatic heterocycles. The second kappa shape index (κ2) is 10.6. The second-order valence-corrected chi connectivity index (χ2v) is 9.73. The lowest BCUT2D eigenvalue weighted by atomic mass is 9.97. The molecule has 0 spiro atoms. The van der Waals surface area contributed by atoms with E-state index in [1.54, 1.807) is 0 Å². The molecule has 3 heterocycles. The Morgan fingerprint density at radius 2 is 1.58 bits per heavy atom. The molecule has 38 heavy (non-hydrogen) atoms. The molecular formula is C30H30N6O2. The Bertz CT molecular complexity index is 1510. The summed E-state index contributed by atoms with van der Waals surface area (Å²) in [7, 11) is 0. The van der Waals surface area contributed by atoms with Gasteiger partial charge in [0.15, 0.2) is 5.65 Å². The van der Waals surface area contributed by atoms with Crippen LogP contribution in [0.25, 0.3) is 28.0 Å². The molecule has 8 nitrogen and oxygen atoms in total. The number of aliphatic hydroxyl groups is 1. The first kappa shape index (κ1) is 24.1. The van der Waals surface area contributed by atoms with Crippen LogP contribution in [-0.4, -0.2) is 49.5 Å². The Balaban J connectivity index is 1.26. The van der Waals surface area contributed by atoms with Crippen molar-refractivity contribution in [1.82, 2.24) is 24.6 Å². The van der Waals surface area contributed by atoms with Crippen LogP contribution in [0.1, 0.15) is 18.4 Å². The molecule has 192 valence electrons. The third-order valence-electron chi connectivity index (χ3n) is 7.15.